The Kier molecular flexibility index (Phi) is 5.32. The average Bonchev–Trinajstić information content (AvgIpc) is 2.99. The van der Waals surface area contributed by atoms with Crippen LogP contribution < -0.4 is 10.1 Å². The average molecular weight is 412 g/mol. The van der Waals surface area contributed by atoms with Gasteiger partial charge in [0.05, 0.1) is 5.02 Å². The number of carbonyl (C=O) groups excluding carboxylic acids is 1. The molecule has 0 atom stereocenters. The molecule has 3 rings (SSSR count). The molecule has 8 nitrogen and oxygen atoms in total. The number of aromatic nitrogens is 4. The summed E-state index contributed by atoms with van der Waals surface area (Å²) >= 11 is 6.18. The van der Waals surface area contributed by atoms with Gasteiger partial charge in [0, 0.05) is 11.8 Å². The molecule has 2 heterocycles. The molecule has 0 saturated carbocycles. The predicted molar refractivity (Wildman–Crippen MR) is 97.1 cm³/mol. The van der Waals surface area contributed by atoms with Crippen LogP contribution in [0.1, 0.15) is 33.0 Å². The monoisotopic (exact) mass is 411 g/mol. The van der Waals surface area contributed by atoms with Crippen LogP contribution in [0.3, 0.4) is 0 Å². The molecule has 0 aliphatic heterocycles. The third kappa shape index (κ3) is 4.63. The van der Waals surface area contributed by atoms with E-state index in [1.165, 1.54) is 24.3 Å². The van der Waals surface area contributed by atoms with Crippen molar-refractivity contribution in [2.45, 2.75) is 32.8 Å². The lowest BCUT2D eigenvalue weighted by atomic mass is 10.2. The lowest BCUT2D eigenvalue weighted by Gasteiger charge is -2.19. The fourth-order valence-electron chi connectivity index (χ4n) is 2.17. The van der Waals surface area contributed by atoms with Crippen LogP contribution in [-0.4, -0.2) is 31.5 Å². The van der Waals surface area contributed by atoms with Crippen molar-refractivity contribution in [2.75, 3.05) is 5.32 Å². The molecule has 11 heteroatoms. The maximum absolute atomic E-state index is 12.9. The molecule has 0 fully saturated rings. The number of ether oxygens (including phenoxy) is 2. The Labute approximate surface area is 163 Å². The van der Waals surface area contributed by atoms with Crippen molar-refractivity contribution in [3.63, 3.8) is 0 Å². The molecule has 0 bridgehead atoms. The quantitative estimate of drug-likeness (QED) is 0.659. The summed E-state index contributed by atoms with van der Waals surface area (Å²) in [6.07, 6.45) is -3.46. The minimum absolute atomic E-state index is 0.0175. The molecule has 1 N–H and O–H groups in total. The zero-order valence-electron chi connectivity index (χ0n) is 15.1. The van der Waals surface area contributed by atoms with E-state index in [-0.39, 0.29) is 22.3 Å². The molecule has 0 spiro atoms. The van der Waals surface area contributed by atoms with E-state index in [0.717, 1.165) is 4.52 Å². The number of rotatable bonds is 4. The highest BCUT2D eigenvalue weighted by molar-refractivity contribution is 6.32. The molecule has 0 unspecified atom stereocenters. The van der Waals surface area contributed by atoms with Crippen LogP contribution in [-0.2, 0) is 4.74 Å². The van der Waals surface area contributed by atoms with Gasteiger partial charge in [-0.1, -0.05) is 11.6 Å². The van der Waals surface area contributed by atoms with Gasteiger partial charge in [0.2, 0.25) is 11.7 Å². The van der Waals surface area contributed by atoms with Crippen LogP contribution in [0, 0.1) is 0 Å². The van der Waals surface area contributed by atoms with E-state index in [1.807, 2.05) is 0 Å². The first kappa shape index (κ1) is 19.7. The number of nitrogens with one attached hydrogen (secondary N) is 1. The standard InChI is InChI=1S/C17H16ClF2N5O3/c1-17(2,3)28-16(26)21-9-4-5-11(10(18)8-9)27-13-7-6-12-22-23-15(14(19)20)25(12)24-13/h4-8,14H,1-3H3,(H,21,26). The number of anilines is 1. The Morgan fingerprint density at radius 2 is 1.96 bits per heavy atom. The fourth-order valence-corrected chi connectivity index (χ4v) is 2.39. The van der Waals surface area contributed by atoms with Gasteiger partial charge in [0.25, 0.3) is 6.43 Å². The van der Waals surface area contributed by atoms with E-state index in [9.17, 15) is 13.6 Å². The Morgan fingerprint density at radius 1 is 1.21 bits per heavy atom. The number of alkyl halides is 2. The number of hydrogen-bond donors (Lipinski definition) is 1. The van der Waals surface area contributed by atoms with Crippen LogP contribution in [0.25, 0.3) is 5.65 Å². The fraction of sp³-hybridized carbons (Fsp3) is 0.294. The molecule has 2 aromatic heterocycles. The molecular weight excluding hydrogens is 396 g/mol. The minimum atomic E-state index is -2.83. The molecule has 148 valence electrons. The smallest absolute Gasteiger partial charge is 0.412 e. The van der Waals surface area contributed by atoms with Gasteiger partial charge in [-0.05, 0) is 45.0 Å². The molecule has 1 aromatic carbocycles. The summed E-state index contributed by atoms with van der Waals surface area (Å²) in [6, 6.07) is 7.40. The zero-order valence-corrected chi connectivity index (χ0v) is 15.9. The molecule has 0 radical (unpaired) electrons. The summed E-state index contributed by atoms with van der Waals surface area (Å²) in [5.74, 6) is -0.359. The number of carbonyl (C=O) groups is 1. The van der Waals surface area contributed by atoms with Gasteiger partial charge >= 0.3 is 6.09 Å². The van der Waals surface area contributed by atoms with Crippen LogP contribution in [0.4, 0.5) is 19.3 Å². The third-order valence-corrected chi connectivity index (χ3v) is 3.54. The van der Waals surface area contributed by atoms with Gasteiger partial charge in [0.15, 0.2) is 5.65 Å². The van der Waals surface area contributed by atoms with Gasteiger partial charge in [-0.2, -0.15) is 4.52 Å². The highest BCUT2D eigenvalue weighted by Gasteiger charge is 2.18. The SMILES string of the molecule is CC(C)(C)OC(=O)Nc1ccc(Oc2ccc3nnc(C(F)F)n3n2)c(Cl)c1. The molecule has 0 aliphatic rings. The van der Waals surface area contributed by atoms with E-state index in [1.54, 1.807) is 26.8 Å². The lowest BCUT2D eigenvalue weighted by molar-refractivity contribution is 0.0636. The first-order valence-electron chi connectivity index (χ1n) is 8.10. The number of nitrogens with zero attached hydrogens (tertiary/aromatic N) is 4. The number of amides is 1. The third-order valence-electron chi connectivity index (χ3n) is 3.25. The van der Waals surface area contributed by atoms with Gasteiger partial charge in [-0.25, -0.2) is 13.6 Å². The lowest BCUT2D eigenvalue weighted by Crippen LogP contribution is -2.27. The van der Waals surface area contributed by atoms with Crippen molar-refractivity contribution in [1.82, 2.24) is 19.8 Å². The maximum Gasteiger partial charge on any atom is 0.412 e. The maximum atomic E-state index is 12.9. The molecule has 0 aliphatic carbocycles. The van der Waals surface area contributed by atoms with Gasteiger partial charge < -0.3 is 9.47 Å². The molecular formula is C17H16ClF2N5O3. The van der Waals surface area contributed by atoms with Crippen LogP contribution in [0.2, 0.25) is 5.02 Å². The topological polar surface area (TPSA) is 90.6 Å². The van der Waals surface area contributed by atoms with Crippen molar-refractivity contribution in [3.8, 4) is 11.6 Å². The Hall–Kier alpha value is -3.01. The van der Waals surface area contributed by atoms with Gasteiger partial charge in [-0.3, -0.25) is 5.32 Å². The van der Waals surface area contributed by atoms with Crippen LogP contribution in [0.15, 0.2) is 30.3 Å². The van der Waals surface area contributed by atoms with Gasteiger partial charge in [-0.15, -0.1) is 15.3 Å². The number of fused-ring (bicyclic) bond motifs is 1. The summed E-state index contributed by atoms with van der Waals surface area (Å²) in [6.45, 7) is 5.24. The summed E-state index contributed by atoms with van der Waals surface area (Å²) in [7, 11) is 0. The molecule has 0 saturated heterocycles. The summed E-state index contributed by atoms with van der Waals surface area (Å²) in [5.41, 5.74) is -0.0833. The first-order chi connectivity index (χ1) is 13.1. The zero-order chi connectivity index (χ0) is 20.5. The van der Waals surface area contributed by atoms with Crippen molar-refractivity contribution in [2.24, 2.45) is 0 Å². The Balaban J connectivity index is 1.77. The molecule has 1 amide bonds. The highest BCUT2D eigenvalue weighted by atomic mass is 35.5. The van der Waals surface area contributed by atoms with Crippen molar-refractivity contribution >= 4 is 29.0 Å². The molecule has 3 aromatic rings. The molecule has 28 heavy (non-hydrogen) atoms. The van der Waals surface area contributed by atoms with E-state index in [4.69, 9.17) is 21.1 Å². The minimum Gasteiger partial charge on any atom is -0.444 e. The van der Waals surface area contributed by atoms with E-state index < -0.39 is 23.9 Å². The van der Waals surface area contributed by atoms with E-state index >= 15 is 0 Å². The first-order valence-corrected chi connectivity index (χ1v) is 8.48. The number of benzene rings is 1. The second-order valence-electron chi connectivity index (χ2n) is 6.67. The summed E-state index contributed by atoms with van der Waals surface area (Å²) < 4.78 is 37.5. The predicted octanol–water partition coefficient (Wildman–Crippen LogP) is 4.85. The Morgan fingerprint density at radius 3 is 2.61 bits per heavy atom. The van der Waals surface area contributed by atoms with Crippen molar-refractivity contribution < 1.29 is 23.0 Å². The van der Waals surface area contributed by atoms with Gasteiger partial charge in [0.1, 0.15) is 11.4 Å². The van der Waals surface area contributed by atoms with Crippen molar-refractivity contribution in [1.29, 1.82) is 0 Å². The normalized spacial score (nSPS) is 11.7. The van der Waals surface area contributed by atoms with E-state index in [2.05, 4.69) is 20.6 Å². The van der Waals surface area contributed by atoms with E-state index in [0.29, 0.717) is 5.69 Å². The highest BCUT2D eigenvalue weighted by Crippen LogP contribution is 2.31. The number of halogens is 3. The van der Waals surface area contributed by atoms with Crippen molar-refractivity contribution in [3.05, 3.63) is 41.2 Å². The Bertz CT molecular complexity index is 1020. The van der Waals surface area contributed by atoms with Crippen LogP contribution >= 0.6 is 11.6 Å². The summed E-state index contributed by atoms with van der Waals surface area (Å²) in [4.78, 5) is 11.8. The number of hydrogen-bond acceptors (Lipinski definition) is 6. The van der Waals surface area contributed by atoms with Crippen LogP contribution in [0.5, 0.6) is 11.6 Å². The largest absolute Gasteiger partial charge is 0.444 e. The summed E-state index contributed by atoms with van der Waals surface area (Å²) in [5, 5.41) is 13.7. The second kappa shape index (κ2) is 7.55. The second-order valence-corrected chi connectivity index (χ2v) is 7.08.